The number of halogens is 4. The van der Waals surface area contributed by atoms with E-state index in [4.69, 9.17) is 6.42 Å². The molecule has 1 aliphatic heterocycles. The third-order valence-corrected chi connectivity index (χ3v) is 4.21. The highest BCUT2D eigenvalue weighted by Gasteiger charge is 2.24. The summed E-state index contributed by atoms with van der Waals surface area (Å²) in [5, 5.41) is 0. The molecule has 0 N–H and O–H groups in total. The number of likely N-dealkylation sites (N-methyl/N-ethyl adjacent to an activating group) is 1. The van der Waals surface area contributed by atoms with E-state index >= 15 is 0 Å². The molecule has 0 spiro atoms. The fourth-order valence-corrected chi connectivity index (χ4v) is 2.72. The van der Waals surface area contributed by atoms with Crippen molar-refractivity contribution in [1.29, 1.82) is 0 Å². The Hall–Kier alpha value is -2.13. The van der Waals surface area contributed by atoms with E-state index in [0.29, 0.717) is 18.5 Å². The lowest BCUT2D eigenvalue weighted by molar-refractivity contribution is 0.303. The molecular weight excluding hydrogens is 320 g/mol. The summed E-state index contributed by atoms with van der Waals surface area (Å²) in [6.45, 7) is 7.21. The summed E-state index contributed by atoms with van der Waals surface area (Å²) >= 11 is 0. The number of nitrogens with zero attached hydrogens (tertiary/aromatic N) is 2. The van der Waals surface area contributed by atoms with Gasteiger partial charge in [-0.3, -0.25) is 4.90 Å². The highest BCUT2D eigenvalue weighted by molar-refractivity contribution is 6.14. The fraction of sp³-hybridized carbons (Fsp3) is 0.389. The average Bonchev–Trinajstić information content (AvgIpc) is 2.59. The Morgan fingerprint density at radius 2 is 1.79 bits per heavy atom. The molecule has 24 heavy (non-hydrogen) atoms. The molecule has 1 aromatic rings. The van der Waals surface area contributed by atoms with Crippen molar-refractivity contribution in [2.45, 2.75) is 27.2 Å². The van der Waals surface area contributed by atoms with Crippen LogP contribution in [0.5, 0.6) is 0 Å². The Morgan fingerprint density at radius 1 is 1.12 bits per heavy atom. The Bertz CT molecular complexity index is 743. The van der Waals surface area contributed by atoms with Crippen molar-refractivity contribution in [1.82, 2.24) is 4.90 Å². The summed E-state index contributed by atoms with van der Waals surface area (Å²) in [5.74, 6) is -3.92. The SMILES string of the molecule is C#CC(=Nc1c(F)c(C)c(F)c(F)c1F)C1=C(C)CN(CC)CC1. The third-order valence-electron chi connectivity index (χ3n) is 4.21. The molecule has 0 unspecified atom stereocenters. The molecule has 2 nitrogen and oxygen atoms in total. The van der Waals surface area contributed by atoms with Crippen LogP contribution in [0, 0.1) is 42.5 Å². The van der Waals surface area contributed by atoms with Gasteiger partial charge in [0.25, 0.3) is 0 Å². The third kappa shape index (κ3) is 3.22. The Labute approximate surface area is 138 Å². The first-order valence-electron chi connectivity index (χ1n) is 7.60. The molecule has 0 saturated carbocycles. The monoisotopic (exact) mass is 338 g/mol. The normalized spacial score (nSPS) is 16.5. The summed E-state index contributed by atoms with van der Waals surface area (Å²) in [4.78, 5) is 6.00. The highest BCUT2D eigenvalue weighted by Crippen LogP contribution is 2.31. The van der Waals surface area contributed by atoms with E-state index < -0.39 is 34.5 Å². The molecule has 0 amide bonds. The van der Waals surface area contributed by atoms with Gasteiger partial charge in [-0.05, 0) is 38.3 Å². The molecule has 1 aromatic carbocycles. The maximum atomic E-state index is 14.1. The van der Waals surface area contributed by atoms with Gasteiger partial charge in [-0.15, -0.1) is 6.42 Å². The molecule has 0 aromatic heterocycles. The van der Waals surface area contributed by atoms with Crippen molar-refractivity contribution in [2.75, 3.05) is 19.6 Å². The molecule has 0 aliphatic carbocycles. The van der Waals surface area contributed by atoms with Crippen LogP contribution in [-0.2, 0) is 0 Å². The van der Waals surface area contributed by atoms with Crippen LogP contribution >= 0.6 is 0 Å². The van der Waals surface area contributed by atoms with Gasteiger partial charge in [-0.25, -0.2) is 22.6 Å². The number of rotatable bonds is 3. The largest absolute Gasteiger partial charge is 0.299 e. The lowest BCUT2D eigenvalue weighted by atomic mass is 9.97. The van der Waals surface area contributed by atoms with Crippen molar-refractivity contribution in [3.8, 4) is 12.3 Å². The van der Waals surface area contributed by atoms with E-state index in [1.165, 1.54) is 0 Å². The van der Waals surface area contributed by atoms with Crippen LogP contribution in [0.4, 0.5) is 23.2 Å². The molecule has 1 heterocycles. The summed E-state index contributed by atoms with van der Waals surface area (Å²) < 4.78 is 55.0. The van der Waals surface area contributed by atoms with Crippen molar-refractivity contribution < 1.29 is 17.6 Å². The zero-order valence-electron chi connectivity index (χ0n) is 13.8. The lowest BCUT2D eigenvalue weighted by Crippen LogP contribution is -2.32. The molecule has 0 radical (unpaired) electrons. The van der Waals surface area contributed by atoms with Gasteiger partial charge in [-0.2, -0.15) is 0 Å². The number of aliphatic imine (C=N–C) groups is 1. The second kappa shape index (κ2) is 7.18. The average molecular weight is 338 g/mol. The first-order chi connectivity index (χ1) is 11.3. The van der Waals surface area contributed by atoms with Gasteiger partial charge in [0.2, 0.25) is 0 Å². The Kier molecular flexibility index (Phi) is 5.45. The molecule has 128 valence electrons. The minimum atomic E-state index is -1.75. The van der Waals surface area contributed by atoms with E-state index in [0.717, 1.165) is 25.6 Å². The molecule has 0 saturated heterocycles. The Balaban J connectivity index is 2.56. The first-order valence-corrected chi connectivity index (χ1v) is 7.60. The van der Waals surface area contributed by atoms with Crippen LogP contribution < -0.4 is 0 Å². The topological polar surface area (TPSA) is 15.6 Å². The molecule has 1 aliphatic rings. The molecule has 2 rings (SSSR count). The predicted octanol–water partition coefficient (Wildman–Crippen LogP) is 4.30. The van der Waals surface area contributed by atoms with Gasteiger partial charge < -0.3 is 0 Å². The van der Waals surface area contributed by atoms with Gasteiger partial charge in [-0.1, -0.05) is 12.5 Å². The van der Waals surface area contributed by atoms with Gasteiger partial charge in [0.05, 0.1) is 0 Å². The second-order valence-corrected chi connectivity index (χ2v) is 5.71. The number of benzene rings is 1. The van der Waals surface area contributed by atoms with Crippen LogP contribution in [0.15, 0.2) is 16.1 Å². The van der Waals surface area contributed by atoms with Gasteiger partial charge in [0, 0.05) is 18.7 Å². The summed E-state index contributed by atoms with van der Waals surface area (Å²) in [6, 6.07) is 0. The van der Waals surface area contributed by atoms with Crippen LogP contribution in [0.25, 0.3) is 0 Å². The lowest BCUT2D eigenvalue weighted by Gasteiger charge is -2.28. The van der Waals surface area contributed by atoms with Crippen LogP contribution in [0.3, 0.4) is 0 Å². The maximum Gasteiger partial charge on any atom is 0.197 e. The van der Waals surface area contributed by atoms with E-state index in [1.807, 2.05) is 13.8 Å². The van der Waals surface area contributed by atoms with Crippen LogP contribution in [-0.4, -0.2) is 30.2 Å². The minimum Gasteiger partial charge on any atom is -0.299 e. The van der Waals surface area contributed by atoms with Crippen molar-refractivity contribution >= 4 is 11.4 Å². The van der Waals surface area contributed by atoms with E-state index in [9.17, 15) is 17.6 Å². The first kappa shape index (κ1) is 18.2. The highest BCUT2D eigenvalue weighted by atomic mass is 19.2. The molecule has 0 bridgehead atoms. The standard InChI is InChI=1S/C18H18F4N2/c1-5-13(12-7-8-24(6-2)9-10(12)3)23-18-15(20)11(4)14(19)16(21)17(18)22/h1H,6-9H2,2-4H3. The Morgan fingerprint density at radius 3 is 2.33 bits per heavy atom. The quantitative estimate of drug-likeness (QED) is 0.264. The van der Waals surface area contributed by atoms with Crippen molar-refractivity contribution in [3.05, 3.63) is 40.0 Å². The molecule has 6 heteroatoms. The maximum absolute atomic E-state index is 14.1. The zero-order chi connectivity index (χ0) is 18.0. The summed E-state index contributed by atoms with van der Waals surface area (Å²) in [7, 11) is 0. The van der Waals surface area contributed by atoms with E-state index in [2.05, 4.69) is 15.8 Å². The smallest absolute Gasteiger partial charge is 0.197 e. The van der Waals surface area contributed by atoms with Crippen LogP contribution in [0.2, 0.25) is 0 Å². The molecule has 0 atom stereocenters. The van der Waals surface area contributed by atoms with Crippen molar-refractivity contribution in [2.24, 2.45) is 4.99 Å². The van der Waals surface area contributed by atoms with E-state index in [-0.39, 0.29) is 5.71 Å². The van der Waals surface area contributed by atoms with Crippen molar-refractivity contribution in [3.63, 3.8) is 0 Å². The molecular formula is C18H18F4N2. The number of hydrogen-bond acceptors (Lipinski definition) is 2. The minimum absolute atomic E-state index is 0.0476. The number of terminal acetylenes is 1. The summed E-state index contributed by atoms with van der Waals surface area (Å²) in [5.41, 5.74) is 0.183. The van der Waals surface area contributed by atoms with Gasteiger partial charge in [0.15, 0.2) is 23.3 Å². The van der Waals surface area contributed by atoms with Gasteiger partial charge in [0.1, 0.15) is 11.4 Å². The predicted molar refractivity (Wildman–Crippen MR) is 86.4 cm³/mol. The second-order valence-electron chi connectivity index (χ2n) is 5.71. The zero-order valence-corrected chi connectivity index (χ0v) is 13.8. The fourth-order valence-electron chi connectivity index (χ4n) is 2.72. The van der Waals surface area contributed by atoms with Crippen LogP contribution in [0.1, 0.15) is 25.8 Å². The number of hydrogen-bond donors (Lipinski definition) is 0. The van der Waals surface area contributed by atoms with Gasteiger partial charge >= 0.3 is 0 Å². The van der Waals surface area contributed by atoms with E-state index in [1.54, 1.807) is 0 Å². The summed E-state index contributed by atoms with van der Waals surface area (Å²) in [6.07, 6.45) is 6.02. The molecule has 0 fully saturated rings.